The topological polar surface area (TPSA) is 156 Å². The van der Waals surface area contributed by atoms with E-state index < -0.39 is 35.9 Å². The molecule has 0 aromatic heterocycles. The minimum absolute atomic E-state index is 0.122. The number of nitrogens with two attached hydrogens (primary N) is 2. The maximum absolute atomic E-state index is 12.5. The lowest BCUT2D eigenvalue weighted by molar-refractivity contribution is -0.142. The zero-order chi connectivity index (χ0) is 21.1. The molecule has 1 saturated heterocycles. The molecular formula is C19H34N4O5. The Hall–Kier alpha value is -1.84. The molecule has 0 spiro atoms. The Bertz CT molecular complexity index is 548. The van der Waals surface area contributed by atoms with Crippen LogP contribution in [0, 0.1) is 11.8 Å². The summed E-state index contributed by atoms with van der Waals surface area (Å²) in [5.41, 5.74) is 11.1. The Morgan fingerprint density at radius 2 is 1.86 bits per heavy atom. The van der Waals surface area contributed by atoms with E-state index in [0.717, 1.165) is 38.8 Å². The normalized spacial score (nSPS) is 17.0. The van der Waals surface area contributed by atoms with Crippen LogP contribution in [0.2, 0.25) is 0 Å². The highest BCUT2D eigenvalue weighted by Gasteiger charge is 2.31. The Morgan fingerprint density at radius 1 is 1.21 bits per heavy atom. The Balaban J connectivity index is 2.52. The summed E-state index contributed by atoms with van der Waals surface area (Å²) in [5, 5.41) is 12.1. The molecule has 0 aromatic rings. The number of nitrogens with zero attached hydrogens (tertiary/aromatic N) is 1. The number of ketones is 2. The van der Waals surface area contributed by atoms with E-state index in [1.807, 2.05) is 0 Å². The molecule has 0 bridgehead atoms. The predicted octanol–water partition coefficient (Wildman–Crippen LogP) is -0.480. The molecule has 9 heteroatoms. The molecule has 28 heavy (non-hydrogen) atoms. The minimum atomic E-state index is -1.29. The lowest BCUT2D eigenvalue weighted by Crippen LogP contribution is -2.47. The zero-order valence-electron chi connectivity index (χ0n) is 16.7. The van der Waals surface area contributed by atoms with Gasteiger partial charge in [0, 0.05) is 19.5 Å². The number of likely N-dealkylation sites (N-methyl/N-ethyl adjacent to an activating group) is 1. The number of Topliss-reactive ketones (excluding diaryl/α,β-unsaturated/α-hetero) is 2. The summed E-state index contributed by atoms with van der Waals surface area (Å²) in [6.45, 7) is 3.69. The first-order chi connectivity index (χ1) is 13.3. The van der Waals surface area contributed by atoms with E-state index in [1.165, 1.54) is 4.90 Å². The number of carbonyl (C=O) groups is 4. The second-order valence-electron chi connectivity index (χ2n) is 7.35. The smallest absolute Gasteiger partial charge is 0.305 e. The maximum Gasteiger partial charge on any atom is 0.305 e. The molecule has 9 nitrogen and oxygen atoms in total. The van der Waals surface area contributed by atoms with E-state index in [0.29, 0.717) is 18.9 Å². The highest BCUT2D eigenvalue weighted by atomic mass is 16.4. The molecule has 0 aromatic carbocycles. The molecule has 160 valence electrons. The molecule has 1 unspecified atom stereocenters. The van der Waals surface area contributed by atoms with Crippen LogP contribution < -0.4 is 16.8 Å². The van der Waals surface area contributed by atoms with Crippen LogP contribution in [0.25, 0.3) is 0 Å². The summed E-state index contributed by atoms with van der Waals surface area (Å²) in [6, 6.07) is -1.29. The summed E-state index contributed by atoms with van der Waals surface area (Å²) in [7, 11) is 0. The third-order valence-corrected chi connectivity index (χ3v) is 5.27. The van der Waals surface area contributed by atoms with Crippen LogP contribution in [0.3, 0.4) is 0 Å². The van der Waals surface area contributed by atoms with Crippen LogP contribution in [-0.2, 0) is 19.2 Å². The second kappa shape index (κ2) is 12.6. The summed E-state index contributed by atoms with van der Waals surface area (Å²) in [5.74, 6) is -3.08. The van der Waals surface area contributed by atoms with Crippen LogP contribution in [0.15, 0.2) is 0 Å². The van der Waals surface area contributed by atoms with E-state index in [1.54, 1.807) is 6.92 Å². The van der Waals surface area contributed by atoms with E-state index in [-0.39, 0.29) is 19.0 Å². The molecule has 1 aliphatic rings. The first-order valence-electron chi connectivity index (χ1n) is 10.0. The van der Waals surface area contributed by atoms with Gasteiger partial charge in [-0.2, -0.15) is 0 Å². The second-order valence-corrected chi connectivity index (χ2v) is 7.35. The van der Waals surface area contributed by atoms with E-state index in [2.05, 4.69) is 5.32 Å². The van der Waals surface area contributed by atoms with Crippen molar-refractivity contribution in [2.24, 2.45) is 23.3 Å². The summed E-state index contributed by atoms with van der Waals surface area (Å²) >= 11 is 0. The van der Waals surface area contributed by atoms with Gasteiger partial charge in [0.25, 0.3) is 0 Å². The van der Waals surface area contributed by atoms with Crippen LogP contribution >= 0.6 is 0 Å². The average Bonchev–Trinajstić information content (AvgIpc) is 2.66. The fraction of sp³-hybridized carbons (Fsp3) is 0.789. The van der Waals surface area contributed by atoms with Gasteiger partial charge in [0.1, 0.15) is 0 Å². The van der Waals surface area contributed by atoms with Crippen molar-refractivity contribution in [3.63, 3.8) is 0 Å². The largest absolute Gasteiger partial charge is 0.481 e. The molecule has 1 heterocycles. The van der Waals surface area contributed by atoms with Crippen LogP contribution in [0.5, 0.6) is 0 Å². The number of aliphatic carboxylic acids is 1. The SMILES string of the molecule is CCN(CC(=O)C(CN)C(=O)[C@@H](N)CC(=O)O)C(=O)CCCC1CCNCC1. The van der Waals surface area contributed by atoms with E-state index in [9.17, 15) is 19.2 Å². The van der Waals surface area contributed by atoms with Gasteiger partial charge in [-0.05, 0) is 51.6 Å². The lowest BCUT2D eigenvalue weighted by Gasteiger charge is -2.25. The third kappa shape index (κ3) is 8.04. The van der Waals surface area contributed by atoms with Gasteiger partial charge in [-0.25, -0.2) is 0 Å². The van der Waals surface area contributed by atoms with Gasteiger partial charge >= 0.3 is 5.97 Å². The number of carboxylic acids is 1. The molecule has 2 atom stereocenters. The minimum Gasteiger partial charge on any atom is -0.481 e. The lowest BCUT2D eigenvalue weighted by atomic mass is 9.92. The van der Waals surface area contributed by atoms with Gasteiger partial charge in [0.05, 0.1) is 24.9 Å². The Morgan fingerprint density at radius 3 is 2.39 bits per heavy atom. The quantitative estimate of drug-likeness (QED) is 0.303. The van der Waals surface area contributed by atoms with Crippen molar-refractivity contribution < 1.29 is 24.3 Å². The summed E-state index contributed by atoms with van der Waals surface area (Å²) < 4.78 is 0. The van der Waals surface area contributed by atoms with Gasteiger partial charge in [-0.1, -0.05) is 0 Å². The number of rotatable bonds is 13. The number of amides is 1. The fourth-order valence-electron chi connectivity index (χ4n) is 3.50. The molecule has 0 aliphatic carbocycles. The van der Waals surface area contributed by atoms with Crippen molar-refractivity contribution in [3.8, 4) is 0 Å². The maximum atomic E-state index is 12.5. The number of carboxylic acid groups (broad SMARTS) is 1. The molecule has 1 fully saturated rings. The summed E-state index contributed by atoms with van der Waals surface area (Å²) in [4.78, 5) is 49.3. The number of carbonyl (C=O) groups excluding carboxylic acids is 3. The molecule has 1 aliphatic heterocycles. The van der Waals surface area contributed by atoms with Crippen LogP contribution in [-0.4, -0.2) is 72.2 Å². The van der Waals surface area contributed by atoms with Crippen molar-refractivity contribution in [2.75, 3.05) is 32.7 Å². The predicted molar refractivity (Wildman–Crippen MR) is 104 cm³/mol. The highest BCUT2D eigenvalue weighted by molar-refractivity contribution is 6.07. The van der Waals surface area contributed by atoms with Gasteiger partial charge in [-0.15, -0.1) is 0 Å². The van der Waals surface area contributed by atoms with E-state index >= 15 is 0 Å². The van der Waals surface area contributed by atoms with Gasteiger partial charge in [-0.3, -0.25) is 19.2 Å². The molecule has 1 rings (SSSR count). The van der Waals surface area contributed by atoms with Crippen LogP contribution in [0.1, 0.15) is 45.4 Å². The molecular weight excluding hydrogens is 364 g/mol. The van der Waals surface area contributed by atoms with Crippen molar-refractivity contribution in [1.29, 1.82) is 0 Å². The van der Waals surface area contributed by atoms with E-state index in [4.69, 9.17) is 16.6 Å². The number of hydrogen-bond acceptors (Lipinski definition) is 7. The fourth-order valence-corrected chi connectivity index (χ4v) is 3.50. The first-order valence-corrected chi connectivity index (χ1v) is 10.0. The van der Waals surface area contributed by atoms with Crippen molar-refractivity contribution in [1.82, 2.24) is 10.2 Å². The number of hydrogen-bond donors (Lipinski definition) is 4. The standard InChI is InChI=1S/C19H34N4O5/c1-2-23(17(25)5-3-4-13-6-8-22-9-7-13)12-16(24)14(11-20)19(28)15(21)10-18(26)27/h13-15,22H,2-12,20-21H2,1H3,(H,26,27)/t14?,15-/m0/s1. The molecule has 0 radical (unpaired) electrons. The Labute approximate surface area is 166 Å². The Kier molecular flexibility index (Phi) is 10.9. The number of piperidine rings is 1. The van der Waals surface area contributed by atoms with Crippen molar-refractivity contribution >= 4 is 23.4 Å². The number of nitrogens with one attached hydrogen (secondary N) is 1. The zero-order valence-corrected chi connectivity index (χ0v) is 16.7. The van der Waals surface area contributed by atoms with Gasteiger partial charge in [0.15, 0.2) is 11.6 Å². The van der Waals surface area contributed by atoms with Crippen molar-refractivity contribution in [3.05, 3.63) is 0 Å². The first kappa shape index (κ1) is 24.2. The van der Waals surface area contributed by atoms with Crippen LogP contribution in [0.4, 0.5) is 0 Å². The highest BCUT2D eigenvalue weighted by Crippen LogP contribution is 2.19. The monoisotopic (exact) mass is 398 g/mol. The molecule has 6 N–H and O–H groups in total. The summed E-state index contributed by atoms with van der Waals surface area (Å²) in [6.07, 6.45) is 3.83. The molecule has 0 saturated carbocycles. The molecule has 1 amide bonds. The van der Waals surface area contributed by atoms with Gasteiger partial charge < -0.3 is 26.8 Å². The van der Waals surface area contributed by atoms with Gasteiger partial charge in [0.2, 0.25) is 5.91 Å². The average molecular weight is 399 g/mol. The van der Waals surface area contributed by atoms with Crippen molar-refractivity contribution in [2.45, 2.75) is 51.5 Å². The third-order valence-electron chi connectivity index (χ3n) is 5.27.